The summed E-state index contributed by atoms with van der Waals surface area (Å²) in [6, 6.07) is 1.47. The molecule has 5 unspecified atom stereocenters. The Bertz CT molecular complexity index is 694. The van der Waals surface area contributed by atoms with E-state index in [0.29, 0.717) is 68.2 Å². The first-order chi connectivity index (χ1) is 17.5. The van der Waals surface area contributed by atoms with E-state index < -0.39 is 12.3 Å². The predicted molar refractivity (Wildman–Crippen MR) is 139 cm³/mol. The molecule has 3 aliphatic carbocycles. The SMILES string of the molecule is O=C(NCCN1CCNCC1)NC1CCC2NC(C3CCC(F)CC3)C(C3CCC(F)CC3)NC2C1. The van der Waals surface area contributed by atoms with Crippen LogP contribution in [0.2, 0.25) is 0 Å². The molecule has 0 aromatic rings. The second-order valence-electron chi connectivity index (χ2n) is 12.1. The van der Waals surface area contributed by atoms with Crippen LogP contribution in [0.4, 0.5) is 13.6 Å². The summed E-state index contributed by atoms with van der Waals surface area (Å²) in [7, 11) is 0. The van der Waals surface area contributed by atoms with E-state index in [1.165, 1.54) is 0 Å². The molecule has 0 spiro atoms. The quantitative estimate of drug-likeness (QED) is 0.379. The van der Waals surface area contributed by atoms with Crippen molar-refractivity contribution in [1.82, 2.24) is 31.5 Å². The van der Waals surface area contributed by atoms with E-state index in [2.05, 4.69) is 31.5 Å². The number of nitrogens with one attached hydrogen (secondary N) is 5. The van der Waals surface area contributed by atoms with Crippen LogP contribution >= 0.6 is 0 Å². The number of urea groups is 1. The number of alkyl halides is 2. The minimum absolute atomic E-state index is 0.0592. The Kier molecular flexibility index (Phi) is 9.36. The maximum atomic E-state index is 13.9. The molecule has 2 aliphatic heterocycles. The summed E-state index contributed by atoms with van der Waals surface area (Å²) in [6.07, 6.45) is 8.08. The Morgan fingerprint density at radius 2 is 1.36 bits per heavy atom. The summed E-state index contributed by atoms with van der Waals surface area (Å²) in [4.78, 5) is 15.0. The molecule has 2 amide bonds. The maximum Gasteiger partial charge on any atom is 0.315 e. The Hall–Kier alpha value is -1.03. The number of carbonyl (C=O) groups excluding carboxylic acids is 1. The second-order valence-corrected chi connectivity index (χ2v) is 12.1. The van der Waals surface area contributed by atoms with E-state index in [-0.39, 0.29) is 12.1 Å². The molecule has 9 heteroatoms. The molecule has 36 heavy (non-hydrogen) atoms. The van der Waals surface area contributed by atoms with Crippen molar-refractivity contribution in [2.24, 2.45) is 11.8 Å². The van der Waals surface area contributed by atoms with Crippen LogP contribution in [0.15, 0.2) is 0 Å². The molecule has 2 saturated heterocycles. The van der Waals surface area contributed by atoms with Gasteiger partial charge in [-0.2, -0.15) is 0 Å². The van der Waals surface area contributed by atoms with Crippen molar-refractivity contribution in [3.63, 3.8) is 0 Å². The van der Waals surface area contributed by atoms with Crippen LogP contribution in [0.5, 0.6) is 0 Å². The van der Waals surface area contributed by atoms with Gasteiger partial charge < -0.3 is 26.6 Å². The molecule has 206 valence electrons. The van der Waals surface area contributed by atoms with E-state index in [4.69, 9.17) is 0 Å². The molecule has 5 rings (SSSR count). The maximum absolute atomic E-state index is 13.9. The van der Waals surface area contributed by atoms with E-state index in [9.17, 15) is 13.6 Å². The smallest absolute Gasteiger partial charge is 0.315 e. The average Bonchev–Trinajstić information content (AvgIpc) is 2.89. The summed E-state index contributed by atoms with van der Waals surface area (Å²) in [6.45, 7) is 5.69. The summed E-state index contributed by atoms with van der Waals surface area (Å²) in [5, 5.41) is 17.7. The predicted octanol–water partition coefficient (Wildman–Crippen LogP) is 2.47. The molecular formula is C27H48F2N6O. The zero-order valence-corrected chi connectivity index (χ0v) is 21.8. The highest BCUT2D eigenvalue weighted by Crippen LogP contribution is 2.38. The van der Waals surface area contributed by atoms with Crippen molar-refractivity contribution in [2.75, 3.05) is 39.3 Å². The fourth-order valence-electron chi connectivity index (χ4n) is 7.62. The minimum atomic E-state index is -0.653. The molecule has 0 radical (unpaired) electrons. The van der Waals surface area contributed by atoms with E-state index in [1.807, 2.05) is 0 Å². The van der Waals surface area contributed by atoms with Crippen molar-refractivity contribution in [1.29, 1.82) is 0 Å². The molecule has 5 aliphatic rings. The fourth-order valence-corrected chi connectivity index (χ4v) is 7.62. The van der Waals surface area contributed by atoms with Gasteiger partial charge in [0.15, 0.2) is 0 Å². The van der Waals surface area contributed by atoms with Crippen LogP contribution in [0, 0.1) is 11.8 Å². The van der Waals surface area contributed by atoms with E-state index in [0.717, 1.165) is 77.7 Å². The number of halogens is 2. The number of hydrogen-bond donors (Lipinski definition) is 5. The van der Waals surface area contributed by atoms with Crippen molar-refractivity contribution in [3.05, 3.63) is 0 Å². The fraction of sp³-hybridized carbons (Fsp3) is 0.963. The van der Waals surface area contributed by atoms with Gasteiger partial charge in [-0.15, -0.1) is 0 Å². The van der Waals surface area contributed by atoms with Gasteiger partial charge in [0.05, 0.1) is 0 Å². The summed E-state index contributed by atoms with van der Waals surface area (Å²) in [5.41, 5.74) is 0. The number of piperazine rings is 2. The number of rotatable bonds is 6. The van der Waals surface area contributed by atoms with Gasteiger partial charge in [-0.3, -0.25) is 4.90 Å². The Morgan fingerprint density at radius 1 is 0.778 bits per heavy atom. The Labute approximate surface area is 215 Å². The number of amides is 2. The summed E-state index contributed by atoms with van der Waals surface area (Å²) < 4.78 is 27.8. The van der Waals surface area contributed by atoms with Crippen LogP contribution in [0.1, 0.15) is 70.6 Å². The molecular weight excluding hydrogens is 462 g/mol. The normalized spacial score (nSPS) is 42.3. The van der Waals surface area contributed by atoms with Crippen LogP contribution in [-0.4, -0.2) is 92.8 Å². The average molecular weight is 511 g/mol. The minimum Gasteiger partial charge on any atom is -0.337 e. The molecule has 2 heterocycles. The highest BCUT2D eigenvalue weighted by atomic mass is 19.1. The van der Waals surface area contributed by atoms with Gasteiger partial charge in [0, 0.05) is 69.5 Å². The molecule has 5 atom stereocenters. The van der Waals surface area contributed by atoms with Crippen LogP contribution in [-0.2, 0) is 0 Å². The monoisotopic (exact) mass is 510 g/mol. The first-order valence-electron chi connectivity index (χ1n) is 14.8. The molecule has 0 aromatic carbocycles. The van der Waals surface area contributed by atoms with Gasteiger partial charge >= 0.3 is 6.03 Å². The summed E-state index contributed by atoms with van der Waals surface area (Å²) in [5.74, 6) is 0.969. The van der Waals surface area contributed by atoms with E-state index >= 15 is 0 Å². The highest BCUT2D eigenvalue weighted by Gasteiger charge is 2.46. The lowest BCUT2D eigenvalue weighted by Gasteiger charge is -2.53. The zero-order chi connectivity index (χ0) is 24.9. The van der Waals surface area contributed by atoms with Crippen LogP contribution in [0.3, 0.4) is 0 Å². The third kappa shape index (κ3) is 6.88. The van der Waals surface area contributed by atoms with Crippen molar-refractivity contribution in [3.8, 4) is 0 Å². The highest BCUT2D eigenvalue weighted by molar-refractivity contribution is 5.74. The topological polar surface area (TPSA) is 80.5 Å². The van der Waals surface area contributed by atoms with Gasteiger partial charge in [-0.1, -0.05) is 0 Å². The largest absolute Gasteiger partial charge is 0.337 e. The first kappa shape index (κ1) is 26.6. The van der Waals surface area contributed by atoms with Gasteiger partial charge in [0.25, 0.3) is 0 Å². The third-order valence-corrected chi connectivity index (χ3v) is 9.73. The second kappa shape index (κ2) is 12.7. The Morgan fingerprint density at radius 3 is 1.97 bits per heavy atom. The van der Waals surface area contributed by atoms with Gasteiger partial charge in [-0.25, -0.2) is 13.6 Å². The number of fused-ring (bicyclic) bond motifs is 1. The van der Waals surface area contributed by atoms with Crippen LogP contribution in [0.25, 0.3) is 0 Å². The van der Waals surface area contributed by atoms with Gasteiger partial charge in [0.2, 0.25) is 0 Å². The number of nitrogens with zero attached hydrogens (tertiary/aromatic N) is 1. The van der Waals surface area contributed by atoms with E-state index in [1.54, 1.807) is 0 Å². The molecule has 5 fully saturated rings. The van der Waals surface area contributed by atoms with Gasteiger partial charge in [-0.05, 0) is 82.5 Å². The van der Waals surface area contributed by atoms with Crippen LogP contribution < -0.4 is 26.6 Å². The summed E-state index contributed by atoms with van der Waals surface area (Å²) >= 11 is 0. The van der Waals surface area contributed by atoms with Gasteiger partial charge in [0.1, 0.15) is 12.3 Å². The van der Waals surface area contributed by atoms with Crippen molar-refractivity contribution in [2.45, 2.75) is 113 Å². The molecule has 3 saturated carbocycles. The lowest BCUT2D eigenvalue weighted by molar-refractivity contribution is 0.0537. The lowest BCUT2D eigenvalue weighted by Crippen LogP contribution is -2.71. The zero-order valence-electron chi connectivity index (χ0n) is 21.8. The Balaban J connectivity index is 1.14. The van der Waals surface area contributed by atoms with Crippen molar-refractivity contribution >= 4 is 6.03 Å². The third-order valence-electron chi connectivity index (χ3n) is 9.73. The molecule has 0 bridgehead atoms. The molecule has 0 aromatic heterocycles. The lowest BCUT2D eigenvalue weighted by atomic mass is 9.70. The number of carbonyl (C=O) groups is 1. The standard InChI is InChI=1S/C27H48F2N6O/c28-20-5-1-18(2-6-20)25-26(19-3-7-21(29)8-4-19)34-24-17-22(9-10-23(24)33-25)32-27(36)31-13-16-35-14-11-30-12-15-35/h18-26,30,33-34H,1-17H2,(H2,31,32,36). The number of hydrogen-bond acceptors (Lipinski definition) is 5. The molecule has 7 nitrogen and oxygen atoms in total. The molecule has 5 N–H and O–H groups in total. The van der Waals surface area contributed by atoms with Crippen molar-refractivity contribution < 1.29 is 13.6 Å². The first-order valence-corrected chi connectivity index (χ1v) is 14.8.